The number of benzene rings is 1. The van der Waals surface area contributed by atoms with Crippen LogP contribution < -0.4 is 15.8 Å². The highest BCUT2D eigenvalue weighted by Gasteiger charge is 2.23. The van der Waals surface area contributed by atoms with Crippen molar-refractivity contribution in [2.45, 2.75) is 45.1 Å². The van der Waals surface area contributed by atoms with Crippen LogP contribution in [0.5, 0.6) is 5.75 Å². The molecule has 0 amide bonds. The van der Waals surface area contributed by atoms with Crippen molar-refractivity contribution in [2.24, 2.45) is 10.7 Å². The number of nitrogens with zero attached hydrogens (tertiary/aromatic N) is 2. The van der Waals surface area contributed by atoms with Gasteiger partial charge in [-0.15, -0.1) is 0 Å². The van der Waals surface area contributed by atoms with Crippen molar-refractivity contribution in [1.82, 2.24) is 10.2 Å². The Balaban J connectivity index is 1.87. The normalized spacial score (nSPS) is 19.5. The highest BCUT2D eigenvalue weighted by atomic mass is 16.5. The second-order valence-electron chi connectivity index (χ2n) is 7.12. The topological polar surface area (TPSA) is 62.9 Å². The molecule has 0 spiro atoms. The van der Waals surface area contributed by atoms with Crippen LogP contribution in [0.1, 0.15) is 39.2 Å². The molecule has 1 aliphatic rings. The molecule has 1 saturated heterocycles. The molecule has 5 nitrogen and oxygen atoms in total. The second kappa shape index (κ2) is 8.38. The molecule has 24 heavy (non-hydrogen) atoms. The summed E-state index contributed by atoms with van der Waals surface area (Å²) in [5.74, 6) is 1.41. The van der Waals surface area contributed by atoms with Crippen LogP contribution in [0.2, 0.25) is 0 Å². The fraction of sp³-hybridized carbons (Fsp3) is 0.632. The van der Waals surface area contributed by atoms with Crippen LogP contribution in [0.15, 0.2) is 29.3 Å². The van der Waals surface area contributed by atoms with Gasteiger partial charge in [-0.1, -0.05) is 32.9 Å². The molecule has 1 aromatic rings. The van der Waals surface area contributed by atoms with Gasteiger partial charge in [-0.2, -0.15) is 0 Å². The van der Waals surface area contributed by atoms with Crippen LogP contribution in [0.25, 0.3) is 0 Å². The summed E-state index contributed by atoms with van der Waals surface area (Å²) < 4.78 is 5.22. The molecule has 0 radical (unpaired) electrons. The fourth-order valence-corrected chi connectivity index (χ4v) is 3.24. The van der Waals surface area contributed by atoms with E-state index in [9.17, 15) is 0 Å². The minimum absolute atomic E-state index is 0.0681. The summed E-state index contributed by atoms with van der Waals surface area (Å²) in [7, 11) is 1.68. The Bertz CT molecular complexity index is 539. The third-order valence-electron chi connectivity index (χ3n) is 4.94. The number of rotatable bonds is 7. The maximum absolute atomic E-state index is 6.07. The van der Waals surface area contributed by atoms with Crippen molar-refractivity contribution >= 4 is 5.96 Å². The fourth-order valence-electron chi connectivity index (χ4n) is 3.24. The number of hydrogen-bond donors (Lipinski definition) is 2. The van der Waals surface area contributed by atoms with E-state index in [4.69, 9.17) is 10.5 Å². The van der Waals surface area contributed by atoms with Gasteiger partial charge in [0.1, 0.15) is 5.75 Å². The van der Waals surface area contributed by atoms with E-state index < -0.39 is 0 Å². The molecule has 1 heterocycles. The maximum atomic E-state index is 6.07. The van der Waals surface area contributed by atoms with E-state index >= 15 is 0 Å². The Labute approximate surface area is 146 Å². The minimum Gasteiger partial charge on any atom is -0.497 e. The maximum Gasteiger partial charge on any atom is 0.188 e. The van der Waals surface area contributed by atoms with E-state index in [-0.39, 0.29) is 5.41 Å². The quantitative estimate of drug-likeness (QED) is 0.594. The zero-order valence-corrected chi connectivity index (χ0v) is 15.5. The van der Waals surface area contributed by atoms with Gasteiger partial charge in [-0.25, -0.2) is 0 Å². The number of nitrogens with two attached hydrogens (primary N) is 1. The van der Waals surface area contributed by atoms with E-state index in [2.05, 4.69) is 48.1 Å². The lowest BCUT2D eigenvalue weighted by Gasteiger charge is -2.25. The van der Waals surface area contributed by atoms with Crippen molar-refractivity contribution in [1.29, 1.82) is 0 Å². The Morgan fingerprint density at radius 3 is 2.71 bits per heavy atom. The molecule has 1 fully saturated rings. The van der Waals surface area contributed by atoms with Gasteiger partial charge >= 0.3 is 0 Å². The number of nitrogens with one attached hydrogen (secondary N) is 1. The van der Waals surface area contributed by atoms with E-state index in [1.54, 1.807) is 7.11 Å². The van der Waals surface area contributed by atoms with Crippen LogP contribution in [0.3, 0.4) is 0 Å². The lowest BCUT2D eigenvalue weighted by molar-refractivity contribution is 0.267. The minimum atomic E-state index is -0.0681. The molecule has 0 saturated carbocycles. The lowest BCUT2D eigenvalue weighted by atomic mass is 9.85. The van der Waals surface area contributed by atoms with Crippen molar-refractivity contribution in [2.75, 3.05) is 33.3 Å². The molecule has 1 atom stereocenters. The van der Waals surface area contributed by atoms with E-state index in [1.807, 2.05) is 12.1 Å². The third-order valence-corrected chi connectivity index (χ3v) is 4.94. The van der Waals surface area contributed by atoms with Gasteiger partial charge < -0.3 is 15.8 Å². The first-order chi connectivity index (χ1) is 11.5. The van der Waals surface area contributed by atoms with Crippen LogP contribution in [0.4, 0.5) is 0 Å². The SMILES string of the molecule is CCN1CCCC1CNC(N)=NCC(C)(C)c1ccc(OC)cc1. The molecule has 2 rings (SSSR count). The number of aliphatic imine (C=N–C) groups is 1. The first-order valence-corrected chi connectivity index (χ1v) is 8.88. The second-order valence-corrected chi connectivity index (χ2v) is 7.12. The lowest BCUT2D eigenvalue weighted by Crippen LogP contribution is -2.43. The largest absolute Gasteiger partial charge is 0.497 e. The van der Waals surface area contributed by atoms with E-state index in [1.165, 1.54) is 24.9 Å². The van der Waals surface area contributed by atoms with Gasteiger partial charge in [0, 0.05) is 18.0 Å². The molecule has 1 unspecified atom stereocenters. The number of hydrogen-bond acceptors (Lipinski definition) is 3. The molecular formula is C19H32N4O. The number of ether oxygens (including phenoxy) is 1. The predicted octanol–water partition coefficient (Wildman–Crippen LogP) is 2.36. The highest BCUT2D eigenvalue weighted by Crippen LogP contribution is 2.25. The molecule has 0 aliphatic carbocycles. The van der Waals surface area contributed by atoms with Crippen LogP contribution >= 0.6 is 0 Å². The zero-order valence-electron chi connectivity index (χ0n) is 15.5. The number of guanidine groups is 1. The summed E-state index contributed by atoms with van der Waals surface area (Å²) in [6, 6.07) is 8.74. The number of likely N-dealkylation sites (N-methyl/N-ethyl adjacent to an activating group) is 1. The van der Waals surface area contributed by atoms with Crippen molar-refractivity contribution in [3.8, 4) is 5.75 Å². The van der Waals surface area contributed by atoms with Crippen LogP contribution in [-0.2, 0) is 5.41 Å². The summed E-state index contributed by atoms with van der Waals surface area (Å²) in [5.41, 5.74) is 7.23. The van der Waals surface area contributed by atoms with Gasteiger partial charge in [0.05, 0.1) is 13.7 Å². The van der Waals surface area contributed by atoms with Gasteiger partial charge in [-0.3, -0.25) is 9.89 Å². The van der Waals surface area contributed by atoms with Crippen molar-refractivity contribution in [3.05, 3.63) is 29.8 Å². The third kappa shape index (κ3) is 4.87. The zero-order chi connectivity index (χ0) is 17.6. The molecular weight excluding hydrogens is 300 g/mol. The number of methoxy groups -OCH3 is 1. The van der Waals surface area contributed by atoms with Crippen molar-refractivity contribution < 1.29 is 4.74 Å². The molecule has 0 aromatic heterocycles. The average molecular weight is 332 g/mol. The molecule has 0 bridgehead atoms. The predicted molar refractivity (Wildman–Crippen MR) is 101 cm³/mol. The summed E-state index contributed by atoms with van der Waals surface area (Å²) in [6.07, 6.45) is 2.52. The summed E-state index contributed by atoms with van der Waals surface area (Å²) in [4.78, 5) is 7.06. The first kappa shape index (κ1) is 18.6. The van der Waals surface area contributed by atoms with Gasteiger partial charge in [0.25, 0.3) is 0 Å². The summed E-state index contributed by atoms with van der Waals surface area (Å²) in [5, 5.41) is 3.30. The monoisotopic (exact) mass is 332 g/mol. The van der Waals surface area contributed by atoms with Crippen LogP contribution in [0, 0.1) is 0 Å². The smallest absolute Gasteiger partial charge is 0.188 e. The first-order valence-electron chi connectivity index (χ1n) is 8.88. The Morgan fingerprint density at radius 2 is 2.08 bits per heavy atom. The summed E-state index contributed by atoms with van der Waals surface area (Å²) in [6.45, 7) is 10.4. The number of likely N-dealkylation sites (tertiary alicyclic amines) is 1. The Kier molecular flexibility index (Phi) is 6.49. The highest BCUT2D eigenvalue weighted by molar-refractivity contribution is 5.77. The molecule has 5 heteroatoms. The molecule has 1 aliphatic heterocycles. The molecule has 1 aromatic carbocycles. The van der Waals surface area contributed by atoms with Gasteiger partial charge in [-0.05, 0) is 43.6 Å². The molecule has 134 valence electrons. The van der Waals surface area contributed by atoms with Crippen molar-refractivity contribution in [3.63, 3.8) is 0 Å². The standard InChI is InChI=1S/C19H32N4O/c1-5-23-12-6-7-16(23)13-21-18(20)22-14-19(2,3)15-8-10-17(24-4)11-9-15/h8-11,16H,5-7,12-14H2,1-4H3,(H3,20,21,22). The van der Waals surface area contributed by atoms with E-state index in [0.717, 1.165) is 18.8 Å². The Morgan fingerprint density at radius 1 is 1.38 bits per heavy atom. The van der Waals surface area contributed by atoms with Gasteiger partial charge in [0.15, 0.2) is 5.96 Å². The summed E-state index contributed by atoms with van der Waals surface area (Å²) >= 11 is 0. The van der Waals surface area contributed by atoms with Crippen LogP contribution in [-0.4, -0.2) is 50.2 Å². The van der Waals surface area contributed by atoms with Gasteiger partial charge in [0.2, 0.25) is 0 Å². The Hall–Kier alpha value is -1.75. The van der Waals surface area contributed by atoms with E-state index in [0.29, 0.717) is 18.5 Å². The molecule has 3 N–H and O–H groups in total. The average Bonchev–Trinajstić information content (AvgIpc) is 3.06.